The zero-order valence-electron chi connectivity index (χ0n) is 11.0. The monoisotopic (exact) mass is 361 g/mol. The lowest BCUT2D eigenvalue weighted by molar-refractivity contribution is -0.115. The number of carbonyl (C=O) groups is 1. The molecule has 1 heterocycles. The van der Waals surface area contributed by atoms with Crippen molar-refractivity contribution in [2.45, 2.75) is 0 Å². The van der Waals surface area contributed by atoms with Gasteiger partial charge in [0.05, 0.1) is 17.1 Å². The summed E-state index contributed by atoms with van der Waals surface area (Å²) in [6.07, 6.45) is 0. The van der Waals surface area contributed by atoms with Gasteiger partial charge < -0.3 is 16.0 Å². The van der Waals surface area contributed by atoms with Crippen LogP contribution in [-0.4, -0.2) is 17.4 Å². The van der Waals surface area contributed by atoms with Crippen LogP contribution in [0, 0.1) is 0 Å². The Morgan fingerprint density at radius 1 is 1.24 bits per heavy atom. The van der Waals surface area contributed by atoms with Crippen LogP contribution < -0.4 is 16.0 Å². The Balaban J connectivity index is 2.09. The van der Waals surface area contributed by atoms with Gasteiger partial charge in [0.15, 0.2) is 0 Å². The molecule has 0 bridgehead atoms. The van der Waals surface area contributed by atoms with Crippen molar-refractivity contribution in [2.24, 2.45) is 5.73 Å². The van der Waals surface area contributed by atoms with Crippen molar-refractivity contribution in [2.75, 3.05) is 16.8 Å². The van der Waals surface area contributed by atoms with Crippen LogP contribution in [0.3, 0.4) is 0 Å². The Hall–Kier alpha value is -1.92. The van der Waals surface area contributed by atoms with Crippen molar-refractivity contribution in [1.29, 1.82) is 0 Å². The Bertz CT molecular complexity index is 747. The summed E-state index contributed by atoms with van der Waals surface area (Å²) in [4.78, 5) is 14.2. The van der Waals surface area contributed by atoms with E-state index in [1.165, 1.54) is 0 Å². The SMILES string of the molecule is NC(=S)c1ccc(N2CC(=O)Nc3ccccc32)c(Br)c1. The van der Waals surface area contributed by atoms with Gasteiger partial charge in [0, 0.05) is 10.0 Å². The topological polar surface area (TPSA) is 58.4 Å². The molecule has 0 saturated carbocycles. The molecule has 6 heteroatoms. The van der Waals surface area contributed by atoms with Crippen LogP contribution in [0.5, 0.6) is 0 Å². The number of fused-ring (bicyclic) bond motifs is 1. The molecule has 2 aromatic carbocycles. The molecular weight excluding hydrogens is 350 g/mol. The number of nitrogens with one attached hydrogen (secondary N) is 1. The lowest BCUT2D eigenvalue weighted by Gasteiger charge is -2.31. The van der Waals surface area contributed by atoms with Crippen LogP contribution in [0.2, 0.25) is 0 Å². The zero-order chi connectivity index (χ0) is 15.0. The number of thiocarbonyl (C=S) groups is 1. The average molecular weight is 362 g/mol. The first-order chi connectivity index (χ1) is 10.1. The molecule has 1 aliphatic heterocycles. The fraction of sp³-hybridized carbons (Fsp3) is 0.0667. The highest BCUT2D eigenvalue weighted by Gasteiger charge is 2.24. The number of hydrogen-bond acceptors (Lipinski definition) is 3. The van der Waals surface area contributed by atoms with E-state index in [-0.39, 0.29) is 12.5 Å². The lowest BCUT2D eigenvalue weighted by Crippen LogP contribution is -2.35. The zero-order valence-corrected chi connectivity index (χ0v) is 13.4. The molecule has 0 radical (unpaired) electrons. The van der Waals surface area contributed by atoms with E-state index in [0.29, 0.717) is 4.99 Å². The van der Waals surface area contributed by atoms with E-state index in [4.69, 9.17) is 18.0 Å². The maximum absolute atomic E-state index is 11.9. The normalized spacial score (nSPS) is 13.6. The minimum Gasteiger partial charge on any atom is -0.389 e. The minimum atomic E-state index is -0.0426. The number of amides is 1. The summed E-state index contributed by atoms with van der Waals surface area (Å²) < 4.78 is 0.845. The molecule has 3 rings (SSSR count). The quantitative estimate of drug-likeness (QED) is 0.806. The van der Waals surface area contributed by atoms with E-state index in [1.54, 1.807) is 0 Å². The number of anilines is 3. The highest BCUT2D eigenvalue weighted by Crippen LogP contribution is 2.38. The van der Waals surface area contributed by atoms with Crippen LogP contribution in [-0.2, 0) is 4.79 Å². The standard InChI is InChI=1S/C15H12BrN3OS/c16-10-7-9(15(17)21)5-6-12(10)19-8-14(20)18-11-3-1-2-4-13(11)19/h1-7H,8H2,(H2,17,21)(H,18,20). The maximum Gasteiger partial charge on any atom is 0.244 e. The summed E-state index contributed by atoms with van der Waals surface area (Å²) >= 11 is 8.52. The van der Waals surface area contributed by atoms with Crippen molar-refractivity contribution < 1.29 is 4.79 Å². The molecule has 4 nitrogen and oxygen atoms in total. The second kappa shape index (κ2) is 5.46. The molecule has 0 aliphatic carbocycles. The molecule has 2 aromatic rings. The predicted octanol–water partition coefficient (Wildman–Crippen LogP) is 3.17. The summed E-state index contributed by atoms with van der Waals surface area (Å²) in [6, 6.07) is 13.3. The fourth-order valence-electron chi connectivity index (χ4n) is 2.33. The molecule has 0 spiro atoms. The van der Waals surface area contributed by atoms with E-state index < -0.39 is 0 Å². The number of benzene rings is 2. The summed E-state index contributed by atoms with van der Waals surface area (Å²) in [5, 5.41) is 2.87. The van der Waals surface area contributed by atoms with E-state index in [2.05, 4.69) is 21.2 Å². The molecule has 1 aliphatic rings. The van der Waals surface area contributed by atoms with Crippen LogP contribution >= 0.6 is 28.1 Å². The Morgan fingerprint density at radius 3 is 2.71 bits per heavy atom. The van der Waals surface area contributed by atoms with E-state index in [9.17, 15) is 4.79 Å². The molecule has 3 N–H and O–H groups in total. The first-order valence-corrected chi connectivity index (χ1v) is 7.52. The molecule has 0 saturated heterocycles. The Morgan fingerprint density at radius 2 is 2.00 bits per heavy atom. The van der Waals surface area contributed by atoms with Crippen molar-refractivity contribution >= 4 is 56.1 Å². The molecule has 0 unspecified atom stereocenters. The fourth-order valence-corrected chi connectivity index (χ4v) is 3.05. The first kappa shape index (κ1) is 14.0. The largest absolute Gasteiger partial charge is 0.389 e. The maximum atomic E-state index is 11.9. The van der Waals surface area contributed by atoms with Gasteiger partial charge in [-0.25, -0.2) is 0 Å². The predicted molar refractivity (Wildman–Crippen MR) is 92.1 cm³/mol. The lowest BCUT2D eigenvalue weighted by atomic mass is 10.1. The Labute approximate surface area is 136 Å². The van der Waals surface area contributed by atoms with Gasteiger partial charge >= 0.3 is 0 Å². The van der Waals surface area contributed by atoms with Crippen LogP contribution in [0.25, 0.3) is 0 Å². The van der Waals surface area contributed by atoms with Crippen LogP contribution in [0.15, 0.2) is 46.9 Å². The third-order valence-electron chi connectivity index (χ3n) is 3.29. The molecule has 0 fully saturated rings. The second-order valence-corrected chi connectivity index (χ2v) is 5.98. The third kappa shape index (κ3) is 2.64. The number of rotatable bonds is 2. The van der Waals surface area contributed by atoms with Gasteiger partial charge in [-0.3, -0.25) is 4.79 Å². The third-order valence-corrected chi connectivity index (χ3v) is 4.16. The van der Waals surface area contributed by atoms with Gasteiger partial charge in [0.2, 0.25) is 5.91 Å². The van der Waals surface area contributed by atoms with Crippen LogP contribution in [0.1, 0.15) is 5.56 Å². The number of carbonyl (C=O) groups excluding carboxylic acids is 1. The summed E-state index contributed by atoms with van der Waals surface area (Å²) in [5.74, 6) is -0.0426. The van der Waals surface area contributed by atoms with Gasteiger partial charge in [-0.15, -0.1) is 0 Å². The van der Waals surface area contributed by atoms with Gasteiger partial charge in [-0.05, 0) is 46.3 Å². The number of nitrogens with two attached hydrogens (primary N) is 1. The minimum absolute atomic E-state index is 0.0426. The van der Waals surface area contributed by atoms with E-state index in [1.807, 2.05) is 47.4 Å². The summed E-state index contributed by atoms with van der Waals surface area (Å²) in [6.45, 7) is 0.266. The Kier molecular flexibility index (Phi) is 3.65. The summed E-state index contributed by atoms with van der Waals surface area (Å²) in [7, 11) is 0. The summed E-state index contributed by atoms with van der Waals surface area (Å²) in [5.41, 5.74) is 9.09. The molecule has 0 atom stereocenters. The highest BCUT2D eigenvalue weighted by molar-refractivity contribution is 9.10. The van der Waals surface area contributed by atoms with E-state index >= 15 is 0 Å². The van der Waals surface area contributed by atoms with Crippen molar-refractivity contribution in [3.8, 4) is 0 Å². The number of para-hydroxylation sites is 2. The smallest absolute Gasteiger partial charge is 0.244 e. The molecule has 0 aromatic heterocycles. The van der Waals surface area contributed by atoms with E-state index in [0.717, 1.165) is 27.1 Å². The number of nitrogens with zero attached hydrogens (tertiary/aromatic N) is 1. The highest BCUT2D eigenvalue weighted by atomic mass is 79.9. The average Bonchev–Trinajstić information content (AvgIpc) is 2.46. The second-order valence-electron chi connectivity index (χ2n) is 4.68. The molecular formula is C15H12BrN3OS. The number of hydrogen-bond donors (Lipinski definition) is 2. The molecule has 1 amide bonds. The van der Waals surface area contributed by atoms with Crippen LogP contribution in [0.4, 0.5) is 17.1 Å². The van der Waals surface area contributed by atoms with Gasteiger partial charge in [0.1, 0.15) is 11.5 Å². The van der Waals surface area contributed by atoms with Crippen molar-refractivity contribution in [3.05, 3.63) is 52.5 Å². The number of halogens is 1. The van der Waals surface area contributed by atoms with Gasteiger partial charge in [-0.1, -0.05) is 24.4 Å². The first-order valence-electron chi connectivity index (χ1n) is 6.32. The van der Waals surface area contributed by atoms with Crippen molar-refractivity contribution in [3.63, 3.8) is 0 Å². The molecule has 106 valence electrons. The van der Waals surface area contributed by atoms with Gasteiger partial charge in [0.25, 0.3) is 0 Å². The molecule has 21 heavy (non-hydrogen) atoms. The van der Waals surface area contributed by atoms with Gasteiger partial charge in [-0.2, -0.15) is 0 Å². The van der Waals surface area contributed by atoms with Crippen molar-refractivity contribution in [1.82, 2.24) is 0 Å².